The van der Waals surface area contributed by atoms with Gasteiger partial charge in [0, 0.05) is 27.2 Å². The van der Waals surface area contributed by atoms with Crippen LogP contribution in [-0.4, -0.2) is 9.97 Å². The smallest absolute Gasteiger partial charge is 0.160 e. The first kappa shape index (κ1) is 28.3. The summed E-state index contributed by atoms with van der Waals surface area (Å²) in [6, 6.07) is 56.0. The van der Waals surface area contributed by atoms with Gasteiger partial charge in [-0.1, -0.05) is 140 Å². The van der Waals surface area contributed by atoms with Crippen LogP contribution in [0.3, 0.4) is 0 Å². The van der Waals surface area contributed by atoms with Crippen LogP contribution in [0.5, 0.6) is 11.5 Å². The van der Waals surface area contributed by atoms with Gasteiger partial charge < -0.3 is 4.74 Å². The van der Waals surface area contributed by atoms with Crippen molar-refractivity contribution in [2.45, 2.75) is 17.1 Å². The molecule has 49 heavy (non-hydrogen) atoms. The van der Waals surface area contributed by atoms with Crippen LogP contribution in [0.2, 0.25) is 0 Å². The second-order valence-corrected chi connectivity index (χ2v) is 14.0. The molecule has 0 fully saturated rings. The summed E-state index contributed by atoms with van der Waals surface area (Å²) < 4.78 is 6.67. The standard InChI is InChI=1S/C45H30N2OS/c1-3-13-29(14-4-1)38-28-39(47-44(46-38)30-15-5-2-6-16-30)43-26-25-42(49-43)31-23-24-41-37(27-31)45(36-21-11-12-22-40(36)48-41)34-19-9-7-17-32(34)33-18-8-10-20-35(33)45/h1-25,27-28,43H,26H2. The van der Waals surface area contributed by atoms with Gasteiger partial charge in [-0.15, -0.1) is 11.8 Å². The van der Waals surface area contributed by atoms with Gasteiger partial charge in [-0.05, 0) is 58.5 Å². The molecule has 0 amide bonds. The Morgan fingerprint density at radius 3 is 1.88 bits per heavy atom. The van der Waals surface area contributed by atoms with Crippen molar-refractivity contribution in [3.63, 3.8) is 0 Å². The Morgan fingerprint density at radius 2 is 1.14 bits per heavy atom. The summed E-state index contributed by atoms with van der Waals surface area (Å²) in [5, 5.41) is 0.179. The van der Waals surface area contributed by atoms with Crippen LogP contribution in [0, 0.1) is 0 Å². The molecule has 0 radical (unpaired) electrons. The van der Waals surface area contributed by atoms with Crippen molar-refractivity contribution in [3.05, 3.63) is 197 Å². The predicted molar refractivity (Wildman–Crippen MR) is 200 cm³/mol. The zero-order valence-electron chi connectivity index (χ0n) is 26.6. The van der Waals surface area contributed by atoms with Crippen molar-refractivity contribution in [2.75, 3.05) is 0 Å². The van der Waals surface area contributed by atoms with Crippen molar-refractivity contribution in [1.82, 2.24) is 9.97 Å². The van der Waals surface area contributed by atoms with E-state index in [1.54, 1.807) is 0 Å². The second-order valence-electron chi connectivity index (χ2n) is 12.8. The van der Waals surface area contributed by atoms with E-state index in [4.69, 9.17) is 14.7 Å². The van der Waals surface area contributed by atoms with E-state index < -0.39 is 5.41 Å². The van der Waals surface area contributed by atoms with Crippen molar-refractivity contribution < 1.29 is 4.74 Å². The minimum absolute atomic E-state index is 0.179. The average Bonchev–Trinajstić information content (AvgIpc) is 3.79. The molecule has 1 atom stereocenters. The topological polar surface area (TPSA) is 35.0 Å². The van der Waals surface area contributed by atoms with Crippen molar-refractivity contribution in [1.29, 1.82) is 0 Å². The summed E-state index contributed by atoms with van der Waals surface area (Å²) in [6.45, 7) is 0. The van der Waals surface area contributed by atoms with Gasteiger partial charge in [-0.3, -0.25) is 0 Å². The zero-order valence-corrected chi connectivity index (χ0v) is 27.4. The highest BCUT2D eigenvalue weighted by atomic mass is 32.2. The number of hydrogen-bond acceptors (Lipinski definition) is 4. The van der Waals surface area contributed by atoms with E-state index in [1.165, 1.54) is 43.8 Å². The molecule has 3 nitrogen and oxygen atoms in total. The van der Waals surface area contributed by atoms with Crippen LogP contribution < -0.4 is 4.74 Å². The highest BCUT2D eigenvalue weighted by molar-refractivity contribution is 8.08. The molecule has 0 saturated heterocycles. The molecule has 1 unspecified atom stereocenters. The largest absolute Gasteiger partial charge is 0.457 e. The molecular formula is C45H30N2OS. The van der Waals surface area contributed by atoms with Crippen LogP contribution in [0.1, 0.15) is 45.2 Å². The summed E-state index contributed by atoms with van der Waals surface area (Å²) in [7, 11) is 0. The van der Waals surface area contributed by atoms with Gasteiger partial charge in [0.1, 0.15) is 11.5 Å². The summed E-state index contributed by atoms with van der Waals surface area (Å²) in [5.41, 5.74) is 12.4. The Balaban J connectivity index is 1.08. The van der Waals surface area contributed by atoms with Crippen LogP contribution in [-0.2, 0) is 5.41 Å². The molecule has 3 heterocycles. The molecule has 232 valence electrons. The van der Waals surface area contributed by atoms with Gasteiger partial charge in [0.15, 0.2) is 5.82 Å². The Morgan fingerprint density at radius 1 is 0.531 bits per heavy atom. The highest BCUT2D eigenvalue weighted by Crippen LogP contribution is 2.62. The third-order valence-electron chi connectivity index (χ3n) is 10.1. The maximum absolute atomic E-state index is 6.67. The maximum Gasteiger partial charge on any atom is 0.160 e. The summed E-state index contributed by atoms with van der Waals surface area (Å²) in [6.07, 6.45) is 3.27. The number of rotatable bonds is 4. The first-order valence-electron chi connectivity index (χ1n) is 16.8. The van der Waals surface area contributed by atoms with Gasteiger partial charge in [0.2, 0.25) is 0 Å². The first-order chi connectivity index (χ1) is 24.3. The Hall–Kier alpha value is -5.71. The minimum Gasteiger partial charge on any atom is -0.457 e. The van der Waals surface area contributed by atoms with Gasteiger partial charge in [0.05, 0.1) is 22.1 Å². The van der Waals surface area contributed by atoms with E-state index in [0.717, 1.165) is 46.3 Å². The molecule has 4 heteroatoms. The Kier molecular flexibility index (Phi) is 6.46. The van der Waals surface area contributed by atoms with E-state index in [2.05, 4.69) is 140 Å². The number of fused-ring (bicyclic) bond motifs is 9. The molecule has 1 aromatic heterocycles. The fourth-order valence-electron chi connectivity index (χ4n) is 7.94. The summed E-state index contributed by atoms with van der Waals surface area (Å²) >= 11 is 1.89. The van der Waals surface area contributed by atoms with Gasteiger partial charge in [-0.25, -0.2) is 9.97 Å². The van der Waals surface area contributed by atoms with E-state index >= 15 is 0 Å². The lowest BCUT2D eigenvalue weighted by atomic mass is 9.66. The number of para-hydroxylation sites is 1. The highest BCUT2D eigenvalue weighted by Gasteiger charge is 2.51. The number of aromatic nitrogens is 2. The molecule has 6 aromatic carbocycles. The van der Waals surface area contributed by atoms with Gasteiger partial charge in [-0.2, -0.15) is 0 Å². The molecule has 7 aromatic rings. The number of benzene rings is 6. The van der Waals surface area contributed by atoms with Crippen molar-refractivity contribution >= 4 is 16.7 Å². The van der Waals surface area contributed by atoms with Crippen LogP contribution >= 0.6 is 11.8 Å². The molecule has 0 N–H and O–H groups in total. The quantitative estimate of drug-likeness (QED) is 0.191. The van der Waals surface area contributed by atoms with E-state index in [-0.39, 0.29) is 5.25 Å². The number of nitrogens with zero attached hydrogens (tertiary/aromatic N) is 2. The molecule has 10 rings (SSSR count). The van der Waals surface area contributed by atoms with Crippen LogP contribution in [0.15, 0.2) is 164 Å². The fraction of sp³-hybridized carbons (Fsp3) is 0.0667. The number of allylic oxidation sites excluding steroid dienone is 1. The molecule has 2 aliphatic heterocycles. The number of ether oxygens (including phenoxy) is 1. The minimum atomic E-state index is -0.474. The monoisotopic (exact) mass is 646 g/mol. The van der Waals surface area contributed by atoms with Crippen LogP contribution in [0.4, 0.5) is 0 Å². The fourth-order valence-corrected chi connectivity index (χ4v) is 9.14. The van der Waals surface area contributed by atoms with Gasteiger partial charge >= 0.3 is 0 Å². The van der Waals surface area contributed by atoms with E-state index in [9.17, 15) is 0 Å². The molecular weight excluding hydrogens is 617 g/mol. The van der Waals surface area contributed by atoms with Crippen molar-refractivity contribution in [2.24, 2.45) is 0 Å². The van der Waals surface area contributed by atoms with E-state index in [0.29, 0.717) is 0 Å². The van der Waals surface area contributed by atoms with Gasteiger partial charge in [0.25, 0.3) is 0 Å². The molecule has 0 saturated carbocycles. The lowest BCUT2D eigenvalue weighted by molar-refractivity contribution is 0.436. The summed E-state index contributed by atoms with van der Waals surface area (Å²) in [4.78, 5) is 11.4. The lowest BCUT2D eigenvalue weighted by Gasteiger charge is -2.39. The third kappa shape index (κ3) is 4.37. The maximum atomic E-state index is 6.67. The molecule has 1 spiro atoms. The predicted octanol–water partition coefficient (Wildman–Crippen LogP) is 11.5. The van der Waals surface area contributed by atoms with Crippen molar-refractivity contribution in [3.8, 4) is 45.3 Å². The Bertz CT molecular complexity index is 2330. The average molecular weight is 647 g/mol. The zero-order chi connectivity index (χ0) is 32.4. The molecule has 1 aliphatic carbocycles. The normalized spacial score (nSPS) is 16.2. The SMILES string of the molecule is C1=C(c2ccc3c(c2)C2(c4ccccc4O3)c3ccccc3-c3ccccc32)SC(c2cc(-c3ccccc3)nc(-c3ccccc3)n2)C1. The number of hydrogen-bond donors (Lipinski definition) is 0. The Labute approximate surface area is 290 Å². The number of thioether (sulfide) groups is 1. The van der Waals surface area contributed by atoms with E-state index in [1.807, 2.05) is 36.0 Å². The van der Waals surface area contributed by atoms with Crippen LogP contribution in [0.25, 0.3) is 38.7 Å². The third-order valence-corrected chi connectivity index (χ3v) is 11.5. The molecule has 3 aliphatic rings. The second kappa shape index (κ2) is 11.2. The molecule has 0 bridgehead atoms. The first-order valence-corrected chi connectivity index (χ1v) is 17.6. The lowest BCUT2D eigenvalue weighted by Crippen LogP contribution is -2.32. The summed E-state index contributed by atoms with van der Waals surface area (Å²) in [5.74, 6) is 2.58.